The normalized spacial score (nSPS) is 15.8. The monoisotopic (exact) mass is 463 g/mol. The lowest BCUT2D eigenvalue weighted by Crippen LogP contribution is -2.07. The van der Waals surface area contributed by atoms with Gasteiger partial charge in [-0.25, -0.2) is 4.39 Å². The van der Waals surface area contributed by atoms with Gasteiger partial charge in [0.1, 0.15) is 5.82 Å². The molecule has 3 N–H and O–H groups in total. The summed E-state index contributed by atoms with van der Waals surface area (Å²) in [6.45, 7) is 11.7. The summed E-state index contributed by atoms with van der Waals surface area (Å²) in [5.74, 6) is 0.587. The summed E-state index contributed by atoms with van der Waals surface area (Å²) in [4.78, 5) is 0. The minimum atomic E-state index is -0.167. The van der Waals surface area contributed by atoms with Gasteiger partial charge in [-0.05, 0) is 91.5 Å². The summed E-state index contributed by atoms with van der Waals surface area (Å²) in [6.07, 6.45) is 13.0. The van der Waals surface area contributed by atoms with Crippen LogP contribution in [0.2, 0.25) is 0 Å². The zero-order valence-electron chi connectivity index (χ0n) is 21.2. The molecule has 2 aliphatic carbocycles. The molecular weight excluding hydrogens is 421 g/mol. The number of aliphatic hydroxyl groups is 1. The van der Waals surface area contributed by atoms with Crippen molar-refractivity contribution >= 4 is 0 Å². The van der Waals surface area contributed by atoms with Crippen molar-refractivity contribution in [3.8, 4) is 0 Å². The first-order valence-electron chi connectivity index (χ1n) is 12.3. The maximum atomic E-state index is 12.9. The molecular formula is C31H42FNO. The van der Waals surface area contributed by atoms with E-state index < -0.39 is 0 Å². The van der Waals surface area contributed by atoms with Gasteiger partial charge in [-0.2, -0.15) is 0 Å². The van der Waals surface area contributed by atoms with E-state index in [2.05, 4.69) is 25.0 Å². The Morgan fingerprint density at radius 2 is 1.68 bits per heavy atom. The van der Waals surface area contributed by atoms with E-state index >= 15 is 0 Å². The van der Waals surface area contributed by atoms with Crippen LogP contribution in [0.4, 0.5) is 4.39 Å². The van der Waals surface area contributed by atoms with Gasteiger partial charge < -0.3 is 10.8 Å². The number of aliphatic hydroxyl groups excluding tert-OH is 1. The Bertz CT molecular complexity index is 940. The molecule has 2 aromatic carbocycles. The third-order valence-electron chi connectivity index (χ3n) is 5.99. The second kappa shape index (κ2) is 16.8. The summed E-state index contributed by atoms with van der Waals surface area (Å²) >= 11 is 0. The molecule has 0 aliphatic heterocycles. The SMILES string of the molecule is C=CC1=C(Cc2ccc(F)cc2)C=C2CCCC2C1.C=CCc1ccccc1CO.CC.CN. The van der Waals surface area contributed by atoms with Crippen LogP contribution in [0, 0.1) is 11.7 Å². The lowest BCUT2D eigenvalue weighted by Gasteiger charge is -2.22. The predicted molar refractivity (Wildman–Crippen MR) is 145 cm³/mol. The molecule has 1 fully saturated rings. The molecule has 2 aliphatic rings. The first kappa shape index (κ1) is 29.3. The second-order valence-corrected chi connectivity index (χ2v) is 7.99. The fourth-order valence-electron chi connectivity index (χ4n) is 4.35. The van der Waals surface area contributed by atoms with Gasteiger partial charge in [0.25, 0.3) is 0 Å². The zero-order valence-corrected chi connectivity index (χ0v) is 21.2. The van der Waals surface area contributed by atoms with Gasteiger partial charge in [-0.1, -0.05) is 80.6 Å². The van der Waals surface area contributed by atoms with E-state index in [-0.39, 0.29) is 12.4 Å². The van der Waals surface area contributed by atoms with Crippen molar-refractivity contribution < 1.29 is 9.50 Å². The van der Waals surface area contributed by atoms with Gasteiger partial charge in [0.05, 0.1) is 6.61 Å². The van der Waals surface area contributed by atoms with Crippen LogP contribution >= 0.6 is 0 Å². The number of allylic oxidation sites excluding steroid dienone is 6. The highest BCUT2D eigenvalue weighted by Crippen LogP contribution is 2.41. The van der Waals surface area contributed by atoms with Crippen molar-refractivity contribution in [2.75, 3.05) is 7.05 Å². The maximum Gasteiger partial charge on any atom is 0.123 e. The van der Waals surface area contributed by atoms with E-state index in [1.165, 1.54) is 55.2 Å². The molecule has 1 atom stereocenters. The molecule has 4 rings (SSSR count). The number of rotatable bonds is 6. The smallest absolute Gasteiger partial charge is 0.123 e. The maximum absolute atomic E-state index is 12.9. The fourth-order valence-corrected chi connectivity index (χ4v) is 4.35. The Morgan fingerprint density at radius 1 is 1.03 bits per heavy atom. The Morgan fingerprint density at radius 3 is 2.26 bits per heavy atom. The molecule has 0 bridgehead atoms. The lowest BCUT2D eigenvalue weighted by molar-refractivity contribution is 0.281. The Balaban J connectivity index is 0.000000330. The first-order valence-corrected chi connectivity index (χ1v) is 12.3. The van der Waals surface area contributed by atoms with Gasteiger partial charge in [-0.15, -0.1) is 6.58 Å². The van der Waals surface area contributed by atoms with Crippen LogP contribution < -0.4 is 5.73 Å². The topological polar surface area (TPSA) is 46.2 Å². The van der Waals surface area contributed by atoms with Crippen LogP contribution in [0.5, 0.6) is 0 Å². The van der Waals surface area contributed by atoms with E-state index in [1.54, 1.807) is 5.57 Å². The molecule has 34 heavy (non-hydrogen) atoms. The van der Waals surface area contributed by atoms with Crippen molar-refractivity contribution in [3.63, 3.8) is 0 Å². The molecule has 3 heteroatoms. The average molecular weight is 464 g/mol. The number of benzene rings is 2. The summed E-state index contributed by atoms with van der Waals surface area (Å²) in [5, 5.41) is 8.91. The van der Waals surface area contributed by atoms with Gasteiger partial charge in [0.15, 0.2) is 0 Å². The van der Waals surface area contributed by atoms with Crippen molar-refractivity contribution in [3.05, 3.63) is 119 Å². The van der Waals surface area contributed by atoms with Gasteiger partial charge in [0.2, 0.25) is 0 Å². The molecule has 0 radical (unpaired) electrons. The average Bonchev–Trinajstić information content (AvgIpc) is 3.35. The van der Waals surface area contributed by atoms with E-state index in [9.17, 15) is 4.39 Å². The third-order valence-corrected chi connectivity index (χ3v) is 5.99. The highest BCUT2D eigenvalue weighted by atomic mass is 19.1. The molecule has 2 aromatic rings. The third kappa shape index (κ3) is 8.89. The second-order valence-electron chi connectivity index (χ2n) is 7.99. The van der Waals surface area contributed by atoms with Crippen molar-refractivity contribution in [2.24, 2.45) is 11.7 Å². The zero-order chi connectivity index (χ0) is 25.3. The molecule has 0 saturated heterocycles. The number of nitrogens with two attached hydrogens (primary N) is 1. The minimum absolute atomic E-state index is 0.115. The molecule has 0 spiro atoms. The Labute approximate surface area is 206 Å². The van der Waals surface area contributed by atoms with Gasteiger partial charge in [0, 0.05) is 0 Å². The number of fused-ring (bicyclic) bond motifs is 1. The van der Waals surface area contributed by atoms with Crippen LogP contribution in [0.15, 0.2) is 96.6 Å². The predicted octanol–water partition coefficient (Wildman–Crippen LogP) is 7.49. The van der Waals surface area contributed by atoms with Gasteiger partial charge >= 0.3 is 0 Å². The quantitative estimate of drug-likeness (QED) is 0.436. The van der Waals surface area contributed by atoms with Crippen molar-refractivity contribution in [2.45, 2.75) is 59.0 Å². The molecule has 0 heterocycles. The fraction of sp³-hybridized carbons (Fsp3) is 0.355. The molecule has 184 valence electrons. The van der Waals surface area contributed by atoms with E-state index in [1.807, 2.05) is 62.4 Å². The van der Waals surface area contributed by atoms with Crippen LogP contribution in [0.25, 0.3) is 0 Å². The van der Waals surface area contributed by atoms with Crippen molar-refractivity contribution in [1.82, 2.24) is 0 Å². The lowest BCUT2D eigenvalue weighted by atomic mass is 9.83. The largest absolute Gasteiger partial charge is 0.392 e. The Kier molecular flexibility index (Phi) is 14.5. The first-order chi connectivity index (χ1) is 16.6. The van der Waals surface area contributed by atoms with Crippen LogP contribution in [-0.2, 0) is 19.4 Å². The highest BCUT2D eigenvalue weighted by molar-refractivity contribution is 5.43. The number of hydrogen-bond acceptors (Lipinski definition) is 2. The highest BCUT2D eigenvalue weighted by Gasteiger charge is 2.25. The molecule has 1 unspecified atom stereocenters. The van der Waals surface area contributed by atoms with Crippen LogP contribution in [0.3, 0.4) is 0 Å². The number of hydrogen-bond donors (Lipinski definition) is 2. The molecule has 2 nitrogen and oxygen atoms in total. The van der Waals surface area contributed by atoms with Gasteiger partial charge in [-0.3, -0.25) is 0 Å². The molecule has 0 aromatic heterocycles. The van der Waals surface area contributed by atoms with E-state index in [4.69, 9.17) is 5.11 Å². The van der Waals surface area contributed by atoms with Crippen LogP contribution in [0.1, 0.15) is 56.2 Å². The van der Waals surface area contributed by atoms with Crippen molar-refractivity contribution in [1.29, 1.82) is 0 Å². The van der Waals surface area contributed by atoms with Crippen LogP contribution in [-0.4, -0.2) is 12.2 Å². The number of halogens is 1. The van der Waals surface area contributed by atoms with E-state index in [0.717, 1.165) is 36.3 Å². The van der Waals surface area contributed by atoms with E-state index in [0.29, 0.717) is 0 Å². The standard InChI is InChI=1S/C18H19F.C10H12O.C2H6.CH5N/c1-2-14-11-15-4-3-5-16(15)12-17(14)10-13-6-8-18(19)9-7-13;1-2-5-9-6-3-4-7-10(9)8-11;2*1-2/h2,6-9,12,15H,1,3-5,10-11H2;2-4,6-7,11H,1,5,8H2;1-2H3;2H2,1H3. The summed E-state index contributed by atoms with van der Waals surface area (Å²) in [7, 11) is 1.50. The minimum Gasteiger partial charge on any atom is -0.392 e. The molecule has 1 saturated carbocycles. The molecule has 0 amide bonds. The summed E-state index contributed by atoms with van der Waals surface area (Å²) in [6, 6.07) is 14.7. The summed E-state index contributed by atoms with van der Waals surface area (Å²) < 4.78 is 12.9. The summed E-state index contributed by atoms with van der Waals surface area (Å²) in [5.41, 5.74) is 12.2. The Hall–Kier alpha value is -2.75.